The average Bonchev–Trinajstić information content (AvgIpc) is 2.49. The number of nitrogen functional groups attached to an aromatic ring is 1. The van der Waals surface area contributed by atoms with Crippen LogP contribution >= 0.6 is 15.9 Å². The molecule has 7 heteroatoms. The van der Waals surface area contributed by atoms with Crippen LogP contribution in [0.5, 0.6) is 0 Å². The molecular formula is C13H10BrN5O. The van der Waals surface area contributed by atoms with Crippen LogP contribution in [0.15, 0.2) is 41.0 Å². The summed E-state index contributed by atoms with van der Waals surface area (Å²) in [6, 6.07) is 10.0. The van der Waals surface area contributed by atoms with E-state index in [1.54, 1.807) is 24.3 Å². The molecule has 0 aliphatic carbocycles. The molecule has 0 unspecified atom stereocenters. The molecule has 20 heavy (non-hydrogen) atoms. The van der Waals surface area contributed by atoms with Crippen molar-refractivity contribution < 1.29 is 4.79 Å². The van der Waals surface area contributed by atoms with Gasteiger partial charge in [0.25, 0.3) is 5.91 Å². The lowest BCUT2D eigenvalue weighted by Gasteiger charge is -2.08. The molecule has 0 radical (unpaired) electrons. The molecule has 0 fully saturated rings. The first-order chi connectivity index (χ1) is 9.63. The number of halogens is 1. The van der Waals surface area contributed by atoms with Crippen LogP contribution in [0.25, 0.3) is 0 Å². The highest BCUT2D eigenvalue weighted by atomic mass is 79.9. The van der Waals surface area contributed by atoms with Gasteiger partial charge in [-0.25, -0.2) is 10.8 Å². The van der Waals surface area contributed by atoms with Crippen molar-refractivity contribution in [1.29, 1.82) is 5.26 Å². The number of pyridine rings is 1. The number of benzene rings is 1. The number of nitrogens with zero attached hydrogens (tertiary/aromatic N) is 2. The third-order valence-electron chi connectivity index (χ3n) is 2.52. The lowest BCUT2D eigenvalue weighted by Crippen LogP contribution is -2.14. The Balaban J connectivity index is 2.21. The quantitative estimate of drug-likeness (QED) is 0.591. The summed E-state index contributed by atoms with van der Waals surface area (Å²) in [4.78, 5) is 16.0. The van der Waals surface area contributed by atoms with Gasteiger partial charge in [0.05, 0.1) is 17.3 Å². The van der Waals surface area contributed by atoms with E-state index in [0.717, 1.165) is 0 Å². The van der Waals surface area contributed by atoms with Gasteiger partial charge in [0, 0.05) is 16.2 Å². The van der Waals surface area contributed by atoms with Crippen LogP contribution in [0.4, 0.5) is 11.5 Å². The number of hydrogen-bond acceptors (Lipinski definition) is 5. The standard InChI is InChI=1S/C13H10BrN5O/c14-10-5-8(7-15)1-2-11(10)18-13(20)9-3-4-17-12(6-9)19-16/h1-6H,16H2,(H,17,19)(H,18,20). The molecule has 0 saturated heterocycles. The molecule has 2 aromatic rings. The Morgan fingerprint density at radius 2 is 2.15 bits per heavy atom. The number of carbonyl (C=O) groups is 1. The first-order valence-electron chi connectivity index (χ1n) is 5.57. The number of amides is 1. The highest BCUT2D eigenvalue weighted by molar-refractivity contribution is 9.10. The molecule has 0 aliphatic heterocycles. The topological polar surface area (TPSA) is 104 Å². The Hall–Kier alpha value is -2.43. The van der Waals surface area contributed by atoms with Crippen LogP contribution in [0, 0.1) is 11.3 Å². The maximum atomic E-state index is 12.1. The van der Waals surface area contributed by atoms with Crippen molar-refractivity contribution >= 4 is 33.3 Å². The maximum absolute atomic E-state index is 12.1. The van der Waals surface area contributed by atoms with E-state index in [0.29, 0.717) is 27.1 Å². The summed E-state index contributed by atoms with van der Waals surface area (Å²) in [6.45, 7) is 0. The summed E-state index contributed by atoms with van der Waals surface area (Å²) in [5.74, 6) is 5.35. The summed E-state index contributed by atoms with van der Waals surface area (Å²) in [5, 5.41) is 11.5. The van der Waals surface area contributed by atoms with Gasteiger partial charge >= 0.3 is 0 Å². The van der Waals surface area contributed by atoms with Gasteiger partial charge in [-0.1, -0.05) is 0 Å². The van der Waals surface area contributed by atoms with Gasteiger partial charge in [0.1, 0.15) is 5.82 Å². The smallest absolute Gasteiger partial charge is 0.255 e. The zero-order chi connectivity index (χ0) is 14.5. The normalized spacial score (nSPS) is 9.65. The second kappa shape index (κ2) is 6.14. The third-order valence-corrected chi connectivity index (χ3v) is 3.17. The fourth-order valence-electron chi connectivity index (χ4n) is 1.53. The first kappa shape index (κ1) is 14.0. The zero-order valence-corrected chi connectivity index (χ0v) is 11.8. The molecule has 100 valence electrons. The van der Waals surface area contributed by atoms with Gasteiger partial charge in [0.2, 0.25) is 0 Å². The zero-order valence-electron chi connectivity index (χ0n) is 10.2. The molecule has 1 heterocycles. The minimum atomic E-state index is -0.297. The average molecular weight is 332 g/mol. The third kappa shape index (κ3) is 3.12. The van der Waals surface area contributed by atoms with E-state index < -0.39 is 0 Å². The second-order valence-electron chi connectivity index (χ2n) is 3.83. The lowest BCUT2D eigenvalue weighted by atomic mass is 10.2. The maximum Gasteiger partial charge on any atom is 0.255 e. The highest BCUT2D eigenvalue weighted by Crippen LogP contribution is 2.24. The molecule has 0 spiro atoms. The monoisotopic (exact) mass is 331 g/mol. The van der Waals surface area contributed by atoms with Crippen LogP contribution in [0.3, 0.4) is 0 Å². The van der Waals surface area contributed by atoms with Gasteiger partial charge in [-0.2, -0.15) is 5.26 Å². The number of hydrogen-bond donors (Lipinski definition) is 3. The number of anilines is 2. The van der Waals surface area contributed by atoms with Gasteiger partial charge in [-0.3, -0.25) is 4.79 Å². The summed E-state index contributed by atoms with van der Waals surface area (Å²) in [6.07, 6.45) is 1.48. The molecule has 0 saturated carbocycles. The molecule has 1 aromatic carbocycles. The summed E-state index contributed by atoms with van der Waals surface area (Å²) >= 11 is 3.31. The predicted molar refractivity (Wildman–Crippen MR) is 78.9 cm³/mol. The lowest BCUT2D eigenvalue weighted by molar-refractivity contribution is 0.102. The van der Waals surface area contributed by atoms with E-state index >= 15 is 0 Å². The molecule has 6 nitrogen and oxygen atoms in total. The Kier molecular flexibility index (Phi) is 4.30. The van der Waals surface area contributed by atoms with Crippen molar-refractivity contribution in [3.8, 4) is 6.07 Å². The largest absolute Gasteiger partial charge is 0.321 e. The van der Waals surface area contributed by atoms with Crippen molar-refractivity contribution in [3.63, 3.8) is 0 Å². The van der Waals surface area contributed by atoms with Crippen LogP contribution in [-0.2, 0) is 0 Å². The summed E-state index contributed by atoms with van der Waals surface area (Å²) in [5.41, 5.74) is 3.88. The number of nitrogens with two attached hydrogens (primary N) is 1. The number of nitriles is 1. The molecule has 0 atom stereocenters. The number of aromatic nitrogens is 1. The van der Waals surface area contributed by atoms with Crippen LogP contribution in [0.2, 0.25) is 0 Å². The molecule has 2 rings (SSSR count). The molecular weight excluding hydrogens is 322 g/mol. The minimum absolute atomic E-state index is 0.297. The van der Waals surface area contributed by atoms with E-state index in [9.17, 15) is 4.79 Å². The Morgan fingerprint density at radius 1 is 1.35 bits per heavy atom. The van der Waals surface area contributed by atoms with Crippen LogP contribution in [-0.4, -0.2) is 10.9 Å². The highest BCUT2D eigenvalue weighted by Gasteiger charge is 2.09. The van der Waals surface area contributed by atoms with E-state index in [1.807, 2.05) is 6.07 Å². The summed E-state index contributed by atoms with van der Waals surface area (Å²) < 4.78 is 0.635. The Bertz CT molecular complexity index is 695. The van der Waals surface area contributed by atoms with E-state index in [4.69, 9.17) is 11.1 Å². The fourth-order valence-corrected chi connectivity index (χ4v) is 2.01. The summed E-state index contributed by atoms with van der Waals surface area (Å²) in [7, 11) is 0. The van der Waals surface area contributed by atoms with E-state index in [1.165, 1.54) is 12.3 Å². The van der Waals surface area contributed by atoms with Gasteiger partial charge in [0.15, 0.2) is 0 Å². The predicted octanol–water partition coefficient (Wildman–Crippen LogP) is 2.25. The van der Waals surface area contributed by atoms with Crippen LogP contribution in [0.1, 0.15) is 15.9 Å². The second-order valence-corrected chi connectivity index (χ2v) is 4.69. The SMILES string of the molecule is N#Cc1ccc(NC(=O)c2ccnc(NN)c2)c(Br)c1. The Morgan fingerprint density at radius 3 is 2.80 bits per heavy atom. The Labute approximate surface area is 123 Å². The number of carbonyl (C=O) groups excluding carboxylic acids is 1. The molecule has 1 aromatic heterocycles. The molecule has 1 amide bonds. The van der Waals surface area contributed by atoms with Gasteiger partial charge in [-0.15, -0.1) is 0 Å². The van der Waals surface area contributed by atoms with Crippen molar-refractivity contribution in [2.24, 2.45) is 5.84 Å². The molecule has 0 aliphatic rings. The van der Waals surface area contributed by atoms with E-state index in [2.05, 4.69) is 31.7 Å². The van der Waals surface area contributed by atoms with Crippen molar-refractivity contribution in [2.75, 3.05) is 10.7 Å². The van der Waals surface area contributed by atoms with Crippen molar-refractivity contribution in [2.45, 2.75) is 0 Å². The first-order valence-corrected chi connectivity index (χ1v) is 6.37. The van der Waals surface area contributed by atoms with E-state index in [-0.39, 0.29) is 5.91 Å². The number of rotatable bonds is 3. The number of hydrazine groups is 1. The van der Waals surface area contributed by atoms with Gasteiger partial charge < -0.3 is 10.7 Å². The number of nitrogens with one attached hydrogen (secondary N) is 2. The minimum Gasteiger partial charge on any atom is -0.321 e. The molecule has 0 bridgehead atoms. The van der Waals surface area contributed by atoms with Crippen molar-refractivity contribution in [1.82, 2.24) is 4.98 Å². The van der Waals surface area contributed by atoms with Crippen LogP contribution < -0.4 is 16.6 Å². The fraction of sp³-hybridized carbons (Fsp3) is 0. The van der Waals surface area contributed by atoms with Gasteiger partial charge in [-0.05, 0) is 46.3 Å². The van der Waals surface area contributed by atoms with Crippen molar-refractivity contribution in [3.05, 3.63) is 52.1 Å². The molecule has 4 N–H and O–H groups in total.